The third kappa shape index (κ3) is 1.66. The van der Waals surface area contributed by atoms with Crippen LogP contribution in [0.4, 0.5) is 0 Å². The molecule has 4 saturated carbocycles. The van der Waals surface area contributed by atoms with Gasteiger partial charge < -0.3 is 5.32 Å². The molecule has 0 radical (unpaired) electrons. The van der Waals surface area contributed by atoms with Crippen LogP contribution in [0.3, 0.4) is 0 Å². The molecule has 0 aromatic heterocycles. The van der Waals surface area contributed by atoms with E-state index in [1.54, 1.807) is 0 Å². The summed E-state index contributed by atoms with van der Waals surface area (Å²) < 4.78 is 0. The van der Waals surface area contributed by atoms with Crippen LogP contribution in [0.1, 0.15) is 39.0 Å². The minimum absolute atomic E-state index is 0.518. The van der Waals surface area contributed by atoms with Gasteiger partial charge in [0.1, 0.15) is 0 Å². The summed E-state index contributed by atoms with van der Waals surface area (Å²) in [4.78, 5) is 0. The zero-order chi connectivity index (χ0) is 11.1. The average molecular weight is 218 g/mol. The molecule has 4 aliphatic rings. The lowest BCUT2D eigenvalue weighted by atomic mass is 9.50. The number of nitrogens with zero attached hydrogens (tertiary/aromatic N) is 1. The second kappa shape index (κ2) is 4.04. The summed E-state index contributed by atoms with van der Waals surface area (Å²) in [6.45, 7) is 2.81. The van der Waals surface area contributed by atoms with E-state index in [1.807, 2.05) is 0 Å². The highest BCUT2D eigenvalue weighted by molar-refractivity contribution is 5.01. The highest BCUT2D eigenvalue weighted by atomic mass is 14.9. The summed E-state index contributed by atoms with van der Waals surface area (Å²) in [6.07, 6.45) is 7.46. The molecule has 4 aliphatic carbocycles. The summed E-state index contributed by atoms with van der Waals surface area (Å²) >= 11 is 0. The third-order valence-corrected chi connectivity index (χ3v) is 5.38. The Labute approximate surface area is 98.4 Å². The first-order chi connectivity index (χ1) is 7.78. The molecular formula is C14H22N2. The fraction of sp³-hybridized carbons (Fsp3) is 0.929. The van der Waals surface area contributed by atoms with Crippen molar-refractivity contribution >= 4 is 0 Å². The van der Waals surface area contributed by atoms with Gasteiger partial charge >= 0.3 is 0 Å². The van der Waals surface area contributed by atoms with Gasteiger partial charge in [0.2, 0.25) is 0 Å². The van der Waals surface area contributed by atoms with Gasteiger partial charge in [0.05, 0.1) is 12.6 Å². The maximum absolute atomic E-state index is 8.65. The van der Waals surface area contributed by atoms with Crippen LogP contribution >= 0.6 is 0 Å². The fourth-order valence-electron chi connectivity index (χ4n) is 5.13. The first-order valence-electron chi connectivity index (χ1n) is 6.88. The molecule has 2 heteroatoms. The molecule has 0 heterocycles. The van der Waals surface area contributed by atoms with Crippen molar-refractivity contribution in [1.82, 2.24) is 5.32 Å². The van der Waals surface area contributed by atoms with E-state index in [9.17, 15) is 0 Å². The lowest BCUT2D eigenvalue weighted by Gasteiger charge is -2.56. The standard InChI is InChI=1S/C14H22N2/c1-9(16-3-2-15)14-12-5-10-4-11(7-12)8-13(14)6-10/h9-14,16H,3-8H2,1H3. The molecule has 1 N–H and O–H groups in total. The molecule has 4 bridgehead atoms. The van der Waals surface area contributed by atoms with E-state index in [1.165, 1.54) is 32.1 Å². The van der Waals surface area contributed by atoms with E-state index >= 15 is 0 Å². The monoisotopic (exact) mass is 218 g/mol. The van der Waals surface area contributed by atoms with Gasteiger partial charge in [0.15, 0.2) is 0 Å². The minimum atomic E-state index is 0.518. The van der Waals surface area contributed by atoms with Crippen LogP contribution in [0, 0.1) is 40.9 Å². The number of hydrogen-bond acceptors (Lipinski definition) is 2. The zero-order valence-corrected chi connectivity index (χ0v) is 10.2. The molecule has 0 spiro atoms. The van der Waals surface area contributed by atoms with Crippen LogP contribution in [0.2, 0.25) is 0 Å². The first kappa shape index (κ1) is 10.6. The van der Waals surface area contributed by atoms with Gasteiger partial charge in [0.25, 0.3) is 0 Å². The van der Waals surface area contributed by atoms with Crippen LogP contribution in [0.15, 0.2) is 0 Å². The Hall–Kier alpha value is -0.550. The van der Waals surface area contributed by atoms with E-state index in [-0.39, 0.29) is 0 Å². The number of nitriles is 1. The van der Waals surface area contributed by atoms with Gasteiger partial charge in [-0.3, -0.25) is 0 Å². The molecule has 88 valence electrons. The van der Waals surface area contributed by atoms with Crippen molar-refractivity contribution in [3.05, 3.63) is 0 Å². The van der Waals surface area contributed by atoms with Crippen LogP contribution in [-0.2, 0) is 0 Å². The largest absolute Gasteiger partial charge is 0.302 e. The summed E-state index contributed by atoms with van der Waals surface area (Å²) in [5, 5.41) is 12.1. The molecule has 0 aromatic carbocycles. The second-order valence-electron chi connectivity index (χ2n) is 6.34. The maximum Gasteiger partial charge on any atom is 0.0843 e. The maximum atomic E-state index is 8.65. The van der Waals surface area contributed by atoms with E-state index in [2.05, 4.69) is 18.3 Å². The summed E-state index contributed by atoms with van der Waals surface area (Å²) in [5.41, 5.74) is 0. The lowest BCUT2D eigenvalue weighted by Crippen LogP contribution is -2.52. The smallest absolute Gasteiger partial charge is 0.0843 e. The molecule has 0 aromatic rings. The van der Waals surface area contributed by atoms with Crippen molar-refractivity contribution in [3.63, 3.8) is 0 Å². The lowest BCUT2D eigenvalue weighted by molar-refractivity contribution is -0.0487. The molecule has 2 nitrogen and oxygen atoms in total. The number of hydrogen-bond donors (Lipinski definition) is 1. The molecule has 1 unspecified atom stereocenters. The Balaban J connectivity index is 1.69. The molecule has 16 heavy (non-hydrogen) atoms. The molecule has 4 fully saturated rings. The van der Waals surface area contributed by atoms with Gasteiger partial charge in [-0.05, 0) is 68.6 Å². The third-order valence-electron chi connectivity index (χ3n) is 5.38. The minimum Gasteiger partial charge on any atom is -0.302 e. The van der Waals surface area contributed by atoms with E-state index in [4.69, 9.17) is 5.26 Å². The Bertz CT molecular complexity index is 276. The van der Waals surface area contributed by atoms with Gasteiger partial charge in [0, 0.05) is 6.04 Å². The van der Waals surface area contributed by atoms with Crippen LogP contribution < -0.4 is 5.32 Å². The Morgan fingerprint density at radius 1 is 1.12 bits per heavy atom. The first-order valence-corrected chi connectivity index (χ1v) is 6.88. The number of rotatable bonds is 3. The van der Waals surface area contributed by atoms with Crippen molar-refractivity contribution in [1.29, 1.82) is 5.26 Å². The molecule has 0 saturated heterocycles. The van der Waals surface area contributed by atoms with E-state index in [0.717, 1.165) is 29.6 Å². The van der Waals surface area contributed by atoms with Gasteiger partial charge in [-0.15, -0.1) is 0 Å². The normalized spacial score (nSPS) is 46.6. The highest BCUT2D eigenvalue weighted by Gasteiger charge is 2.49. The van der Waals surface area contributed by atoms with Crippen molar-refractivity contribution in [2.24, 2.45) is 29.6 Å². The van der Waals surface area contributed by atoms with Crippen molar-refractivity contribution < 1.29 is 0 Å². The zero-order valence-electron chi connectivity index (χ0n) is 10.2. The molecular weight excluding hydrogens is 196 g/mol. The van der Waals surface area contributed by atoms with Gasteiger partial charge in [-0.2, -0.15) is 5.26 Å². The van der Waals surface area contributed by atoms with Crippen molar-refractivity contribution in [2.45, 2.75) is 45.1 Å². The Kier molecular flexibility index (Phi) is 2.67. The van der Waals surface area contributed by atoms with Gasteiger partial charge in [-0.25, -0.2) is 0 Å². The van der Waals surface area contributed by atoms with E-state index in [0.29, 0.717) is 12.6 Å². The van der Waals surface area contributed by atoms with Crippen molar-refractivity contribution in [2.75, 3.05) is 6.54 Å². The second-order valence-corrected chi connectivity index (χ2v) is 6.34. The number of nitrogens with one attached hydrogen (secondary N) is 1. The summed E-state index contributed by atoms with van der Waals surface area (Å²) in [6, 6.07) is 2.76. The summed E-state index contributed by atoms with van der Waals surface area (Å²) in [7, 11) is 0. The van der Waals surface area contributed by atoms with Crippen molar-refractivity contribution in [3.8, 4) is 6.07 Å². The highest BCUT2D eigenvalue weighted by Crippen LogP contribution is 2.57. The van der Waals surface area contributed by atoms with Crippen LogP contribution in [0.25, 0.3) is 0 Å². The predicted molar refractivity (Wildman–Crippen MR) is 63.6 cm³/mol. The van der Waals surface area contributed by atoms with Crippen LogP contribution in [-0.4, -0.2) is 12.6 Å². The quantitative estimate of drug-likeness (QED) is 0.739. The molecule has 4 rings (SSSR count). The summed E-state index contributed by atoms with van der Waals surface area (Å²) in [5.74, 6) is 4.92. The van der Waals surface area contributed by atoms with Gasteiger partial charge in [-0.1, -0.05) is 0 Å². The molecule has 0 aliphatic heterocycles. The average Bonchev–Trinajstić information content (AvgIpc) is 2.24. The molecule has 1 atom stereocenters. The topological polar surface area (TPSA) is 35.8 Å². The fourth-order valence-corrected chi connectivity index (χ4v) is 5.13. The Morgan fingerprint density at radius 2 is 1.69 bits per heavy atom. The van der Waals surface area contributed by atoms with E-state index < -0.39 is 0 Å². The van der Waals surface area contributed by atoms with Crippen LogP contribution in [0.5, 0.6) is 0 Å². The molecule has 0 amide bonds. The predicted octanol–water partition coefficient (Wildman–Crippen LogP) is 2.56. The SMILES string of the molecule is CC(NCC#N)C1C2CC3CC(C2)CC1C3. The Morgan fingerprint density at radius 3 is 2.19 bits per heavy atom.